The van der Waals surface area contributed by atoms with Gasteiger partial charge in [-0.05, 0) is 17.3 Å². The van der Waals surface area contributed by atoms with Crippen molar-refractivity contribution in [3.05, 3.63) is 36.3 Å². The number of nitrogens with zero attached hydrogens (tertiary/aromatic N) is 6. The second-order valence-corrected chi connectivity index (χ2v) is 4.27. The van der Waals surface area contributed by atoms with E-state index in [9.17, 15) is 4.39 Å². The lowest BCUT2D eigenvalue weighted by Gasteiger charge is -2.04. The van der Waals surface area contributed by atoms with Crippen LogP contribution in [0, 0.1) is 5.82 Å². The Bertz CT molecular complexity index is 734. The van der Waals surface area contributed by atoms with Gasteiger partial charge in [0.2, 0.25) is 5.82 Å². The maximum Gasteiger partial charge on any atom is 0.209 e. The number of benzene rings is 1. The zero-order valence-corrected chi connectivity index (χ0v) is 10.8. The van der Waals surface area contributed by atoms with Crippen molar-refractivity contribution >= 4 is 12.6 Å². The number of rotatable bonds is 2. The summed E-state index contributed by atoms with van der Waals surface area (Å²) < 4.78 is 15.1. The van der Waals surface area contributed by atoms with Crippen LogP contribution in [0.15, 0.2) is 35.5 Å². The summed E-state index contributed by atoms with van der Waals surface area (Å²) in [6.07, 6.45) is 1.53. The van der Waals surface area contributed by atoms with Gasteiger partial charge in [0.1, 0.15) is 16.5 Å². The highest BCUT2D eigenvalue weighted by atomic mass is 32.1. The first-order chi connectivity index (χ1) is 9.16. The van der Waals surface area contributed by atoms with Crippen LogP contribution in [0.3, 0.4) is 0 Å². The molecule has 2 aromatic heterocycles. The number of hydrogen-bond donors (Lipinski definition) is 1. The monoisotopic (exact) mass is 276 g/mol. The molecule has 8 heteroatoms. The lowest BCUT2D eigenvalue weighted by atomic mass is 10.3. The SMILES string of the molecule is Cn1nnc(-c2cnn(-c3ccccc3F)c2S)n1. The molecule has 0 aliphatic heterocycles. The van der Waals surface area contributed by atoms with Gasteiger partial charge in [0.15, 0.2) is 0 Å². The Morgan fingerprint density at radius 3 is 2.74 bits per heavy atom. The van der Waals surface area contributed by atoms with E-state index in [1.54, 1.807) is 25.2 Å². The van der Waals surface area contributed by atoms with Crippen molar-refractivity contribution in [2.24, 2.45) is 7.05 Å². The van der Waals surface area contributed by atoms with Crippen molar-refractivity contribution in [3.63, 3.8) is 0 Å². The molecule has 0 fully saturated rings. The molecule has 0 unspecified atom stereocenters. The van der Waals surface area contributed by atoms with Crippen molar-refractivity contribution in [2.45, 2.75) is 5.03 Å². The minimum Gasteiger partial charge on any atom is -0.224 e. The Labute approximate surface area is 113 Å². The highest BCUT2D eigenvalue weighted by Gasteiger charge is 2.16. The number of aryl methyl sites for hydroxylation is 1. The normalized spacial score (nSPS) is 10.9. The van der Waals surface area contributed by atoms with Crippen molar-refractivity contribution < 1.29 is 4.39 Å². The molecule has 0 spiro atoms. The van der Waals surface area contributed by atoms with Crippen LogP contribution < -0.4 is 0 Å². The van der Waals surface area contributed by atoms with E-state index < -0.39 is 0 Å². The summed E-state index contributed by atoms with van der Waals surface area (Å²) in [7, 11) is 1.66. The fourth-order valence-electron chi connectivity index (χ4n) is 1.69. The van der Waals surface area contributed by atoms with Gasteiger partial charge in [0, 0.05) is 0 Å². The van der Waals surface area contributed by atoms with Gasteiger partial charge in [-0.3, -0.25) is 0 Å². The van der Waals surface area contributed by atoms with E-state index in [0.29, 0.717) is 22.1 Å². The van der Waals surface area contributed by atoms with Crippen LogP contribution in [0.5, 0.6) is 0 Å². The van der Waals surface area contributed by atoms with Crippen LogP contribution in [0.4, 0.5) is 4.39 Å². The summed E-state index contributed by atoms with van der Waals surface area (Å²) in [5, 5.41) is 16.3. The lowest BCUT2D eigenvalue weighted by molar-refractivity contribution is 0.604. The molecule has 0 bridgehead atoms. The molecule has 0 radical (unpaired) electrons. The molecule has 0 amide bonds. The Balaban J connectivity index is 2.12. The Morgan fingerprint density at radius 1 is 1.26 bits per heavy atom. The standard InChI is InChI=1S/C11H9FN6S/c1-17-15-10(14-16-17)7-6-13-18(11(7)19)9-5-3-2-4-8(9)12/h2-6,19H,1H3. The van der Waals surface area contributed by atoms with E-state index in [1.807, 2.05) is 0 Å². The van der Waals surface area contributed by atoms with Gasteiger partial charge in [-0.25, -0.2) is 9.07 Å². The van der Waals surface area contributed by atoms with Crippen LogP contribution >= 0.6 is 12.6 Å². The van der Waals surface area contributed by atoms with Crippen molar-refractivity contribution in [1.82, 2.24) is 30.0 Å². The van der Waals surface area contributed by atoms with Crippen LogP contribution in [0.2, 0.25) is 0 Å². The highest BCUT2D eigenvalue weighted by Crippen LogP contribution is 2.26. The number of para-hydroxylation sites is 1. The molecular weight excluding hydrogens is 267 g/mol. The maximum absolute atomic E-state index is 13.7. The number of tetrazole rings is 1. The quantitative estimate of drug-likeness (QED) is 0.720. The fourth-order valence-corrected chi connectivity index (χ4v) is 2.01. The van der Waals surface area contributed by atoms with Gasteiger partial charge in [0.25, 0.3) is 0 Å². The number of halogens is 1. The van der Waals surface area contributed by atoms with Crippen LogP contribution in [0.1, 0.15) is 0 Å². The van der Waals surface area contributed by atoms with E-state index in [-0.39, 0.29) is 5.82 Å². The molecule has 0 atom stereocenters. The first-order valence-corrected chi connectivity index (χ1v) is 5.88. The minimum absolute atomic E-state index is 0.322. The smallest absolute Gasteiger partial charge is 0.209 e. The van der Waals surface area contributed by atoms with Gasteiger partial charge in [-0.2, -0.15) is 9.90 Å². The molecule has 19 heavy (non-hydrogen) atoms. The largest absolute Gasteiger partial charge is 0.224 e. The number of aromatic nitrogens is 6. The predicted octanol–water partition coefficient (Wildman–Crippen LogP) is 1.49. The maximum atomic E-state index is 13.7. The fraction of sp³-hybridized carbons (Fsp3) is 0.0909. The van der Waals surface area contributed by atoms with Crippen LogP contribution in [0.25, 0.3) is 17.1 Å². The average molecular weight is 276 g/mol. The molecule has 3 aromatic rings. The van der Waals surface area contributed by atoms with Gasteiger partial charge in [-0.1, -0.05) is 12.1 Å². The molecule has 0 N–H and O–H groups in total. The van der Waals surface area contributed by atoms with Gasteiger partial charge in [-0.15, -0.1) is 22.8 Å². The Morgan fingerprint density at radius 2 is 2.05 bits per heavy atom. The van der Waals surface area contributed by atoms with E-state index in [0.717, 1.165) is 0 Å². The summed E-state index contributed by atoms with van der Waals surface area (Å²) in [5.74, 6) is 0.0228. The predicted molar refractivity (Wildman–Crippen MR) is 68.6 cm³/mol. The molecule has 3 rings (SSSR count). The minimum atomic E-state index is -0.375. The second-order valence-electron chi connectivity index (χ2n) is 3.85. The summed E-state index contributed by atoms with van der Waals surface area (Å²) in [5.41, 5.74) is 0.919. The third kappa shape index (κ3) is 1.99. The van der Waals surface area contributed by atoms with Gasteiger partial charge in [0.05, 0.1) is 18.8 Å². The Hall–Kier alpha value is -2.22. The van der Waals surface area contributed by atoms with Crippen LogP contribution in [-0.2, 0) is 7.05 Å². The molecule has 96 valence electrons. The zero-order valence-electron chi connectivity index (χ0n) is 9.90. The summed E-state index contributed by atoms with van der Waals surface area (Å²) in [6, 6.07) is 6.33. The van der Waals surface area contributed by atoms with Gasteiger partial charge < -0.3 is 0 Å². The van der Waals surface area contributed by atoms with E-state index in [1.165, 1.54) is 21.7 Å². The third-order valence-electron chi connectivity index (χ3n) is 2.57. The van der Waals surface area contributed by atoms with E-state index in [4.69, 9.17) is 0 Å². The Kier molecular flexibility index (Phi) is 2.79. The van der Waals surface area contributed by atoms with Crippen LogP contribution in [-0.4, -0.2) is 30.0 Å². The first-order valence-electron chi connectivity index (χ1n) is 5.43. The zero-order chi connectivity index (χ0) is 13.4. The molecule has 0 aliphatic rings. The summed E-state index contributed by atoms with van der Waals surface area (Å²) >= 11 is 4.36. The molecule has 0 aliphatic carbocycles. The molecule has 1 aromatic carbocycles. The third-order valence-corrected chi connectivity index (χ3v) is 3.00. The molecule has 0 saturated carbocycles. The van der Waals surface area contributed by atoms with E-state index in [2.05, 4.69) is 33.1 Å². The molecular formula is C11H9FN6S. The molecule has 6 nitrogen and oxygen atoms in total. The number of hydrogen-bond acceptors (Lipinski definition) is 5. The average Bonchev–Trinajstić information content (AvgIpc) is 2.97. The van der Waals surface area contributed by atoms with Gasteiger partial charge >= 0.3 is 0 Å². The van der Waals surface area contributed by atoms with Crippen molar-refractivity contribution in [3.8, 4) is 17.1 Å². The summed E-state index contributed by atoms with van der Waals surface area (Å²) in [4.78, 5) is 1.34. The first kappa shape index (κ1) is 11.8. The molecule has 0 saturated heterocycles. The van der Waals surface area contributed by atoms with Crippen molar-refractivity contribution in [2.75, 3.05) is 0 Å². The van der Waals surface area contributed by atoms with E-state index >= 15 is 0 Å². The lowest BCUT2D eigenvalue weighted by Crippen LogP contribution is -2.00. The highest BCUT2D eigenvalue weighted by molar-refractivity contribution is 7.80. The topological polar surface area (TPSA) is 61.4 Å². The molecule has 2 heterocycles. The summed E-state index contributed by atoms with van der Waals surface area (Å²) in [6.45, 7) is 0. The van der Waals surface area contributed by atoms with Crippen molar-refractivity contribution in [1.29, 1.82) is 0 Å². The number of thiol groups is 1. The second kappa shape index (κ2) is 4.47.